The number of para-hydroxylation sites is 1. The molecule has 2 N–H and O–H groups in total. The molecule has 0 aliphatic heterocycles. The van der Waals surface area contributed by atoms with Gasteiger partial charge in [0, 0.05) is 35.0 Å². The minimum absolute atomic E-state index is 0.162. The second kappa shape index (κ2) is 7.75. The van der Waals surface area contributed by atoms with Crippen molar-refractivity contribution >= 4 is 44.9 Å². The summed E-state index contributed by atoms with van der Waals surface area (Å²) in [6, 6.07) is 15.4. The van der Waals surface area contributed by atoms with Crippen LogP contribution in [0.15, 0.2) is 59.0 Å². The Bertz CT molecular complexity index is 1280. The van der Waals surface area contributed by atoms with E-state index in [0.29, 0.717) is 29.3 Å². The van der Waals surface area contributed by atoms with Crippen LogP contribution in [0, 0.1) is 10.1 Å². The van der Waals surface area contributed by atoms with Crippen molar-refractivity contribution in [1.29, 1.82) is 0 Å². The number of carbonyl (C=O) groups excluding carboxylic acids is 1. The Hall–Kier alpha value is -4.07. The molecule has 0 unspecified atom stereocenters. The van der Waals surface area contributed by atoms with Gasteiger partial charge < -0.3 is 19.8 Å². The van der Waals surface area contributed by atoms with Gasteiger partial charge in [0.05, 0.1) is 17.7 Å². The predicted molar refractivity (Wildman–Crippen MR) is 115 cm³/mol. The SMILES string of the molecule is CCNc1ccc(C(=O)Nc2cc3oc4ccccc4c3cc2OC)cc1[N+](=O)[O-]. The van der Waals surface area contributed by atoms with Crippen LogP contribution in [0.2, 0.25) is 0 Å². The number of furan rings is 1. The molecule has 0 fully saturated rings. The number of nitro benzene ring substituents is 1. The summed E-state index contributed by atoms with van der Waals surface area (Å²) < 4.78 is 11.3. The van der Waals surface area contributed by atoms with Crippen molar-refractivity contribution in [3.8, 4) is 5.75 Å². The Morgan fingerprint density at radius 1 is 1.07 bits per heavy atom. The highest BCUT2D eigenvalue weighted by Crippen LogP contribution is 2.36. The third kappa shape index (κ3) is 3.39. The first-order valence-corrected chi connectivity index (χ1v) is 9.34. The van der Waals surface area contributed by atoms with Crippen LogP contribution in [0.4, 0.5) is 17.1 Å². The molecule has 30 heavy (non-hydrogen) atoms. The highest BCUT2D eigenvalue weighted by atomic mass is 16.6. The average Bonchev–Trinajstić information content (AvgIpc) is 3.10. The number of anilines is 2. The van der Waals surface area contributed by atoms with Gasteiger partial charge in [0.25, 0.3) is 11.6 Å². The lowest BCUT2D eigenvalue weighted by atomic mass is 10.1. The number of carbonyl (C=O) groups is 1. The maximum atomic E-state index is 12.8. The van der Waals surface area contributed by atoms with E-state index in [1.54, 1.807) is 12.1 Å². The standard InChI is InChI=1S/C22H19N3O5/c1-3-23-16-9-8-13(10-18(16)25(27)28)22(26)24-17-12-20-15(11-21(17)29-2)14-6-4-5-7-19(14)30-20/h4-12,23H,3H2,1-2H3,(H,24,26). The van der Waals surface area contributed by atoms with Gasteiger partial charge in [-0.25, -0.2) is 0 Å². The monoisotopic (exact) mass is 405 g/mol. The van der Waals surface area contributed by atoms with Gasteiger partial charge >= 0.3 is 0 Å². The molecule has 0 saturated heterocycles. The molecule has 0 aliphatic carbocycles. The molecule has 8 heteroatoms. The van der Waals surface area contributed by atoms with Crippen LogP contribution < -0.4 is 15.4 Å². The molecule has 0 spiro atoms. The Balaban J connectivity index is 1.71. The third-order valence-electron chi connectivity index (χ3n) is 4.77. The Morgan fingerprint density at radius 2 is 1.87 bits per heavy atom. The summed E-state index contributed by atoms with van der Waals surface area (Å²) in [6.45, 7) is 2.37. The van der Waals surface area contributed by atoms with Crippen LogP contribution in [-0.2, 0) is 0 Å². The predicted octanol–water partition coefficient (Wildman–Crippen LogP) is 5.19. The van der Waals surface area contributed by atoms with Gasteiger partial charge in [0.15, 0.2) is 0 Å². The van der Waals surface area contributed by atoms with E-state index >= 15 is 0 Å². The van der Waals surface area contributed by atoms with Crippen LogP contribution in [0.1, 0.15) is 17.3 Å². The quantitative estimate of drug-likeness (QED) is 0.338. The maximum absolute atomic E-state index is 12.8. The molecule has 0 saturated carbocycles. The molecular weight excluding hydrogens is 386 g/mol. The van der Waals surface area contributed by atoms with Gasteiger partial charge in [-0.3, -0.25) is 14.9 Å². The largest absolute Gasteiger partial charge is 0.495 e. The molecule has 0 radical (unpaired) electrons. The number of nitrogens with zero attached hydrogens (tertiary/aromatic N) is 1. The zero-order chi connectivity index (χ0) is 21.3. The highest BCUT2D eigenvalue weighted by molar-refractivity contribution is 6.10. The molecule has 152 valence electrons. The molecule has 4 rings (SSSR count). The van der Waals surface area contributed by atoms with Crippen molar-refractivity contribution in [2.24, 2.45) is 0 Å². The van der Waals surface area contributed by atoms with Crippen LogP contribution in [0.3, 0.4) is 0 Å². The molecule has 0 aliphatic rings. The number of hydrogen-bond acceptors (Lipinski definition) is 6. The molecule has 4 aromatic rings. The average molecular weight is 405 g/mol. The zero-order valence-corrected chi connectivity index (χ0v) is 16.4. The van der Waals surface area contributed by atoms with E-state index in [9.17, 15) is 14.9 Å². The molecule has 0 bridgehead atoms. The first-order chi connectivity index (χ1) is 14.5. The van der Waals surface area contributed by atoms with E-state index < -0.39 is 10.8 Å². The summed E-state index contributed by atoms with van der Waals surface area (Å²) in [5, 5.41) is 18.9. The van der Waals surface area contributed by atoms with Crippen molar-refractivity contribution in [1.82, 2.24) is 0 Å². The second-order valence-corrected chi connectivity index (χ2v) is 6.62. The van der Waals surface area contributed by atoms with E-state index in [2.05, 4.69) is 10.6 Å². The first kappa shape index (κ1) is 19.3. The number of methoxy groups -OCH3 is 1. The van der Waals surface area contributed by atoms with E-state index in [4.69, 9.17) is 9.15 Å². The number of amides is 1. The van der Waals surface area contributed by atoms with E-state index in [-0.39, 0.29) is 11.3 Å². The minimum atomic E-state index is -0.518. The van der Waals surface area contributed by atoms with Crippen LogP contribution in [0.25, 0.3) is 21.9 Å². The van der Waals surface area contributed by atoms with E-state index in [1.807, 2.05) is 31.2 Å². The lowest BCUT2D eigenvalue weighted by Gasteiger charge is -2.11. The lowest BCUT2D eigenvalue weighted by molar-refractivity contribution is -0.384. The minimum Gasteiger partial charge on any atom is -0.495 e. The number of nitro groups is 1. The smallest absolute Gasteiger partial charge is 0.293 e. The highest BCUT2D eigenvalue weighted by Gasteiger charge is 2.19. The van der Waals surface area contributed by atoms with Gasteiger partial charge in [-0.1, -0.05) is 18.2 Å². The fourth-order valence-corrected chi connectivity index (χ4v) is 3.38. The van der Waals surface area contributed by atoms with Gasteiger partial charge in [-0.2, -0.15) is 0 Å². The molecule has 1 aromatic heterocycles. The number of benzene rings is 3. The molecule has 1 amide bonds. The normalized spacial score (nSPS) is 10.9. The van der Waals surface area contributed by atoms with Crippen molar-refractivity contribution in [3.05, 3.63) is 70.3 Å². The van der Waals surface area contributed by atoms with Crippen LogP contribution in [-0.4, -0.2) is 24.5 Å². The Morgan fingerprint density at radius 3 is 2.60 bits per heavy atom. The zero-order valence-electron chi connectivity index (χ0n) is 16.4. The van der Waals surface area contributed by atoms with E-state index in [0.717, 1.165) is 16.4 Å². The fourth-order valence-electron chi connectivity index (χ4n) is 3.38. The van der Waals surface area contributed by atoms with Gasteiger partial charge in [-0.05, 0) is 31.2 Å². The third-order valence-corrected chi connectivity index (χ3v) is 4.77. The maximum Gasteiger partial charge on any atom is 0.293 e. The Labute approximate surface area is 171 Å². The summed E-state index contributed by atoms with van der Waals surface area (Å²) >= 11 is 0. The first-order valence-electron chi connectivity index (χ1n) is 9.34. The van der Waals surface area contributed by atoms with Crippen LogP contribution in [0.5, 0.6) is 5.75 Å². The molecule has 8 nitrogen and oxygen atoms in total. The summed E-state index contributed by atoms with van der Waals surface area (Å²) in [4.78, 5) is 23.6. The number of nitrogens with one attached hydrogen (secondary N) is 2. The fraction of sp³-hybridized carbons (Fsp3) is 0.136. The lowest BCUT2D eigenvalue weighted by Crippen LogP contribution is -2.13. The number of fused-ring (bicyclic) bond motifs is 3. The summed E-state index contributed by atoms with van der Waals surface area (Å²) in [6.07, 6.45) is 0. The van der Waals surface area contributed by atoms with Gasteiger partial charge in [0.2, 0.25) is 0 Å². The van der Waals surface area contributed by atoms with Crippen molar-refractivity contribution in [3.63, 3.8) is 0 Å². The van der Waals surface area contributed by atoms with E-state index in [1.165, 1.54) is 25.3 Å². The summed E-state index contributed by atoms with van der Waals surface area (Å²) in [5.74, 6) is -0.0314. The number of rotatable bonds is 6. The van der Waals surface area contributed by atoms with Gasteiger partial charge in [0.1, 0.15) is 22.6 Å². The number of hydrogen-bond donors (Lipinski definition) is 2. The van der Waals surface area contributed by atoms with Crippen LogP contribution >= 0.6 is 0 Å². The Kier molecular flexibility index (Phi) is 4.97. The number of ether oxygens (including phenoxy) is 1. The topological polar surface area (TPSA) is 107 Å². The summed E-state index contributed by atoms with van der Waals surface area (Å²) in [5.41, 5.74) is 2.10. The molecule has 0 atom stereocenters. The van der Waals surface area contributed by atoms with Crippen molar-refractivity contribution in [2.75, 3.05) is 24.3 Å². The van der Waals surface area contributed by atoms with Crippen molar-refractivity contribution < 1.29 is 18.9 Å². The van der Waals surface area contributed by atoms with Crippen molar-refractivity contribution in [2.45, 2.75) is 6.92 Å². The molecule has 1 heterocycles. The molecule has 3 aromatic carbocycles. The second-order valence-electron chi connectivity index (χ2n) is 6.62. The summed E-state index contributed by atoms with van der Waals surface area (Å²) in [7, 11) is 1.51. The van der Waals surface area contributed by atoms with Gasteiger partial charge in [-0.15, -0.1) is 0 Å². The molecular formula is C22H19N3O5.